The maximum absolute atomic E-state index is 11.4. The largest absolute Gasteiger partial charge is 0.373 e. The highest BCUT2D eigenvalue weighted by Gasteiger charge is 2.28. The summed E-state index contributed by atoms with van der Waals surface area (Å²) in [5.74, 6) is 4.57. The maximum atomic E-state index is 11.4. The van der Waals surface area contributed by atoms with Crippen molar-refractivity contribution < 1.29 is 4.21 Å². The second-order valence-corrected chi connectivity index (χ2v) is 6.65. The Balaban J connectivity index is 2.09. The Morgan fingerprint density at radius 3 is 2.58 bits per heavy atom. The molecule has 1 aliphatic rings. The number of hydrogen-bond donors (Lipinski definition) is 2. The Hall–Kier alpha value is -1.17. The number of rotatable bonds is 7. The Kier molecular flexibility index (Phi) is 4.74. The van der Waals surface area contributed by atoms with E-state index in [2.05, 4.69) is 20.6 Å². The molecule has 1 saturated carbocycles. The highest BCUT2D eigenvalue weighted by Crippen LogP contribution is 2.39. The lowest BCUT2D eigenvalue weighted by Gasteiger charge is -2.13. The van der Waals surface area contributed by atoms with Gasteiger partial charge in [-0.2, -0.15) is 0 Å². The second kappa shape index (κ2) is 6.32. The van der Waals surface area contributed by atoms with Crippen LogP contribution in [0.15, 0.2) is 0 Å². The Labute approximate surface area is 117 Å². The third-order valence-electron chi connectivity index (χ3n) is 3.29. The van der Waals surface area contributed by atoms with Crippen LogP contribution in [0.4, 0.5) is 11.6 Å². The maximum Gasteiger partial charge on any atom is 0.136 e. The summed E-state index contributed by atoms with van der Waals surface area (Å²) in [5, 5.41) is 6.41. The van der Waals surface area contributed by atoms with E-state index >= 15 is 0 Å². The van der Waals surface area contributed by atoms with Crippen LogP contribution in [0.1, 0.15) is 37.1 Å². The van der Waals surface area contributed by atoms with E-state index in [1.54, 1.807) is 0 Å². The van der Waals surface area contributed by atoms with E-state index in [9.17, 15) is 4.21 Å². The summed E-state index contributed by atoms with van der Waals surface area (Å²) in [6.07, 6.45) is 2.37. The minimum Gasteiger partial charge on any atom is -0.373 e. The van der Waals surface area contributed by atoms with Gasteiger partial charge in [-0.15, -0.1) is 0 Å². The molecule has 1 heterocycles. The van der Waals surface area contributed by atoms with Gasteiger partial charge in [0.2, 0.25) is 0 Å². The first-order valence-corrected chi connectivity index (χ1v) is 8.29. The summed E-state index contributed by atoms with van der Waals surface area (Å²) in [4.78, 5) is 9.15. The van der Waals surface area contributed by atoms with Crippen molar-refractivity contribution in [2.75, 3.05) is 35.7 Å². The van der Waals surface area contributed by atoms with Gasteiger partial charge in [-0.25, -0.2) is 9.97 Å². The zero-order chi connectivity index (χ0) is 13.8. The monoisotopic (exact) mass is 282 g/mol. The van der Waals surface area contributed by atoms with Crippen LogP contribution >= 0.6 is 0 Å². The molecule has 1 aromatic heterocycles. The van der Waals surface area contributed by atoms with Crippen LogP contribution < -0.4 is 10.6 Å². The third kappa shape index (κ3) is 3.65. The van der Waals surface area contributed by atoms with Crippen molar-refractivity contribution in [2.45, 2.75) is 32.6 Å². The normalized spacial score (nSPS) is 16.2. The molecule has 2 N–H and O–H groups in total. The van der Waals surface area contributed by atoms with Crippen LogP contribution in [0.2, 0.25) is 0 Å². The quantitative estimate of drug-likeness (QED) is 0.799. The van der Waals surface area contributed by atoms with Gasteiger partial charge in [0.15, 0.2) is 0 Å². The first-order valence-electron chi connectivity index (χ1n) is 6.80. The fourth-order valence-electron chi connectivity index (χ4n) is 1.90. The molecule has 0 aliphatic heterocycles. The molecule has 1 fully saturated rings. The molecular weight excluding hydrogens is 260 g/mol. The summed E-state index contributed by atoms with van der Waals surface area (Å²) >= 11 is 0. The minimum absolute atomic E-state index is 0.526. The standard InChI is InChI=1S/C13H22N4OS/c1-4-19(18)8-7-15-12-9(2)11(14-3)16-13(17-12)10-5-6-10/h10H,4-8H2,1-3H3,(H2,14,15,16,17). The predicted molar refractivity (Wildman–Crippen MR) is 80.3 cm³/mol. The molecule has 1 unspecified atom stereocenters. The van der Waals surface area contributed by atoms with Gasteiger partial charge in [0.25, 0.3) is 0 Å². The predicted octanol–water partition coefficient (Wildman–Crippen LogP) is 1.88. The highest BCUT2D eigenvalue weighted by atomic mass is 32.2. The number of nitrogens with zero attached hydrogens (tertiary/aromatic N) is 2. The molecule has 0 radical (unpaired) electrons. The third-order valence-corrected chi connectivity index (χ3v) is 4.59. The molecule has 5 nitrogen and oxygen atoms in total. The van der Waals surface area contributed by atoms with E-state index < -0.39 is 10.8 Å². The lowest BCUT2D eigenvalue weighted by molar-refractivity contribution is 0.684. The van der Waals surface area contributed by atoms with E-state index in [1.165, 1.54) is 12.8 Å². The number of hydrogen-bond acceptors (Lipinski definition) is 5. The zero-order valence-corrected chi connectivity index (χ0v) is 12.6. The van der Waals surface area contributed by atoms with Crippen LogP contribution in [0, 0.1) is 6.92 Å². The van der Waals surface area contributed by atoms with Gasteiger partial charge < -0.3 is 10.6 Å². The average molecular weight is 282 g/mol. The smallest absolute Gasteiger partial charge is 0.136 e. The molecular formula is C13H22N4OS. The van der Waals surface area contributed by atoms with Gasteiger partial charge in [-0.1, -0.05) is 6.92 Å². The molecule has 1 aliphatic carbocycles. The Morgan fingerprint density at radius 2 is 2.00 bits per heavy atom. The van der Waals surface area contributed by atoms with E-state index in [1.807, 2.05) is 20.9 Å². The van der Waals surface area contributed by atoms with Gasteiger partial charge in [0.1, 0.15) is 17.5 Å². The van der Waals surface area contributed by atoms with Crippen molar-refractivity contribution in [2.24, 2.45) is 0 Å². The first-order chi connectivity index (χ1) is 9.15. The molecule has 1 atom stereocenters. The van der Waals surface area contributed by atoms with E-state index in [-0.39, 0.29) is 0 Å². The fourth-order valence-corrected chi connectivity index (χ4v) is 2.52. The van der Waals surface area contributed by atoms with Gasteiger partial charge in [-0.05, 0) is 19.8 Å². The molecule has 0 saturated heterocycles. The summed E-state index contributed by atoms with van der Waals surface area (Å²) < 4.78 is 11.4. The van der Waals surface area contributed by atoms with E-state index in [0.717, 1.165) is 23.0 Å². The van der Waals surface area contributed by atoms with Crippen molar-refractivity contribution in [3.8, 4) is 0 Å². The number of anilines is 2. The summed E-state index contributed by atoms with van der Waals surface area (Å²) in [6, 6.07) is 0. The lowest BCUT2D eigenvalue weighted by Crippen LogP contribution is -2.15. The van der Waals surface area contributed by atoms with Gasteiger partial charge in [-0.3, -0.25) is 4.21 Å². The van der Waals surface area contributed by atoms with Gasteiger partial charge >= 0.3 is 0 Å². The van der Waals surface area contributed by atoms with Gasteiger partial charge in [0, 0.05) is 47.4 Å². The molecule has 1 aromatic rings. The van der Waals surface area contributed by atoms with Crippen LogP contribution in [-0.2, 0) is 10.8 Å². The number of aromatic nitrogens is 2. The summed E-state index contributed by atoms with van der Waals surface area (Å²) in [6.45, 7) is 4.63. The summed E-state index contributed by atoms with van der Waals surface area (Å²) in [7, 11) is 1.14. The van der Waals surface area contributed by atoms with Crippen LogP contribution in [0.3, 0.4) is 0 Å². The van der Waals surface area contributed by atoms with Crippen molar-refractivity contribution in [3.63, 3.8) is 0 Å². The molecule has 0 bridgehead atoms. The second-order valence-electron chi connectivity index (χ2n) is 4.79. The van der Waals surface area contributed by atoms with Crippen LogP contribution in [0.25, 0.3) is 0 Å². The average Bonchev–Trinajstić information content (AvgIpc) is 3.24. The SMILES string of the molecule is CCS(=O)CCNc1nc(C2CC2)nc(NC)c1C. The number of nitrogens with one attached hydrogen (secondary N) is 2. The molecule has 0 amide bonds. The van der Waals surface area contributed by atoms with Crippen LogP contribution in [0.5, 0.6) is 0 Å². The van der Waals surface area contributed by atoms with Crippen molar-refractivity contribution >= 4 is 22.4 Å². The molecule has 6 heteroatoms. The van der Waals surface area contributed by atoms with E-state index in [0.29, 0.717) is 24.0 Å². The fraction of sp³-hybridized carbons (Fsp3) is 0.692. The molecule has 2 rings (SSSR count). The molecule has 0 aromatic carbocycles. The van der Waals surface area contributed by atoms with E-state index in [4.69, 9.17) is 0 Å². The Bertz CT molecular complexity index is 474. The zero-order valence-electron chi connectivity index (χ0n) is 11.8. The lowest BCUT2D eigenvalue weighted by atomic mass is 10.2. The Morgan fingerprint density at radius 1 is 1.32 bits per heavy atom. The first kappa shape index (κ1) is 14.2. The molecule has 0 spiro atoms. The minimum atomic E-state index is -0.738. The molecule has 19 heavy (non-hydrogen) atoms. The van der Waals surface area contributed by atoms with Gasteiger partial charge in [0.05, 0.1) is 0 Å². The topological polar surface area (TPSA) is 66.9 Å². The van der Waals surface area contributed by atoms with Crippen LogP contribution in [-0.4, -0.2) is 39.3 Å². The van der Waals surface area contributed by atoms with Crippen molar-refractivity contribution in [1.29, 1.82) is 0 Å². The van der Waals surface area contributed by atoms with Crippen molar-refractivity contribution in [1.82, 2.24) is 9.97 Å². The highest BCUT2D eigenvalue weighted by molar-refractivity contribution is 7.84. The molecule has 106 valence electrons. The summed E-state index contributed by atoms with van der Waals surface area (Å²) in [5.41, 5.74) is 1.02. The van der Waals surface area contributed by atoms with Crippen molar-refractivity contribution in [3.05, 3.63) is 11.4 Å².